The molecule has 0 amide bonds. The van der Waals surface area contributed by atoms with Gasteiger partial charge in [0.15, 0.2) is 0 Å². The van der Waals surface area contributed by atoms with Gasteiger partial charge in [0, 0.05) is 11.8 Å². The summed E-state index contributed by atoms with van der Waals surface area (Å²) in [5, 5.41) is 0. The van der Waals surface area contributed by atoms with Gasteiger partial charge in [-0.3, -0.25) is 4.98 Å². The lowest BCUT2D eigenvalue weighted by Crippen LogP contribution is -1.98. The number of rotatable bonds is 1. The molecule has 2 heteroatoms. The van der Waals surface area contributed by atoms with Gasteiger partial charge in [-0.2, -0.15) is 0 Å². The van der Waals surface area contributed by atoms with Gasteiger partial charge in [-0.25, -0.2) is 0 Å². The Kier molecular flexibility index (Phi) is 2.35. The minimum atomic E-state index is 0.770. The van der Waals surface area contributed by atoms with Gasteiger partial charge in [0.05, 0.1) is 11.9 Å². The number of aromatic nitrogens is 1. The molecule has 0 radical (unpaired) electrons. The van der Waals surface area contributed by atoms with Crippen LogP contribution in [-0.2, 0) is 0 Å². The average molecular weight is 186 g/mol. The van der Waals surface area contributed by atoms with Crippen LogP contribution in [-0.4, -0.2) is 4.98 Å². The fraction of sp³-hybridized carbons (Fsp3) is 0.250. The second kappa shape index (κ2) is 3.66. The number of hydrogen-bond acceptors (Lipinski definition) is 2. The lowest BCUT2D eigenvalue weighted by atomic mass is 9.91. The summed E-state index contributed by atoms with van der Waals surface area (Å²) in [6.07, 6.45) is 8.82. The van der Waals surface area contributed by atoms with Crippen molar-refractivity contribution in [2.75, 3.05) is 5.73 Å². The highest BCUT2D eigenvalue weighted by molar-refractivity contribution is 5.75. The van der Waals surface area contributed by atoms with E-state index in [-0.39, 0.29) is 0 Å². The fourth-order valence-electron chi connectivity index (χ4n) is 1.73. The van der Waals surface area contributed by atoms with Crippen LogP contribution in [0.25, 0.3) is 5.57 Å². The summed E-state index contributed by atoms with van der Waals surface area (Å²) in [4.78, 5) is 3.98. The molecule has 0 saturated carbocycles. The topological polar surface area (TPSA) is 38.9 Å². The molecule has 1 heterocycles. The van der Waals surface area contributed by atoms with E-state index in [4.69, 9.17) is 5.73 Å². The third-order valence-corrected chi connectivity index (χ3v) is 2.58. The van der Waals surface area contributed by atoms with Gasteiger partial charge in [-0.05, 0) is 30.9 Å². The Labute approximate surface area is 84.2 Å². The van der Waals surface area contributed by atoms with E-state index in [1.54, 1.807) is 12.4 Å². The van der Waals surface area contributed by atoms with Crippen LogP contribution >= 0.6 is 0 Å². The second-order valence-electron chi connectivity index (χ2n) is 3.65. The van der Waals surface area contributed by atoms with Gasteiger partial charge in [-0.1, -0.05) is 18.2 Å². The smallest absolute Gasteiger partial charge is 0.0576 e. The Morgan fingerprint density at radius 1 is 1.36 bits per heavy atom. The number of anilines is 1. The molecular weight excluding hydrogens is 172 g/mol. The normalized spacial score (nSPS) is 16.6. The molecule has 2 nitrogen and oxygen atoms in total. The van der Waals surface area contributed by atoms with Crippen LogP contribution in [0.4, 0.5) is 5.69 Å². The maximum absolute atomic E-state index is 5.86. The van der Waals surface area contributed by atoms with Crippen LogP contribution in [0.1, 0.15) is 24.8 Å². The molecule has 0 bridgehead atoms. The summed E-state index contributed by atoms with van der Waals surface area (Å²) in [5.74, 6) is 0. The van der Waals surface area contributed by atoms with Crippen molar-refractivity contribution in [3.05, 3.63) is 42.3 Å². The SMILES string of the molecule is C=C1CC=C(c2ccncc2N)CC1. The van der Waals surface area contributed by atoms with Crippen LogP contribution in [0.15, 0.2) is 36.7 Å². The van der Waals surface area contributed by atoms with E-state index >= 15 is 0 Å². The third-order valence-electron chi connectivity index (χ3n) is 2.58. The van der Waals surface area contributed by atoms with E-state index in [1.807, 2.05) is 6.07 Å². The number of pyridine rings is 1. The van der Waals surface area contributed by atoms with Gasteiger partial charge in [0.2, 0.25) is 0 Å². The first kappa shape index (κ1) is 9.00. The highest BCUT2D eigenvalue weighted by atomic mass is 14.7. The summed E-state index contributed by atoms with van der Waals surface area (Å²) in [6, 6.07) is 1.98. The predicted octanol–water partition coefficient (Wildman–Crippen LogP) is 2.79. The number of allylic oxidation sites excluding steroid dienone is 3. The van der Waals surface area contributed by atoms with E-state index in [0.29, 0.717) is 0 Å². The first-order chi connectivity index (χ1) is 6.77. The van der Waals surface area contributed by atoms with Crippen LogP contribution < -0.4 is 5.73 Å². The molecule has 0 aliphatic heterocycles. The van der Waals surface area contributed by atoms with E-state index < -0.39 is 0 Å². The lowest BCUT2D eigenvalue weighted by molar-refractivity contribution is 0.922. The minimum Gasteiger partial charge on any atom is -0.397 e. The van der Waals surface area contributed by atoms with Crippen LogP contribution in [0.3, 0.4) is 0 Å². The predicted molar refractivity (Wildman–Crippen MR) is 59.6 cm³/mol. The number of nitrogens with two attached hydrogens (primary N) is 1. The zero-order valence-corrected chi connectivity index (χ0v) is 8.16. The van der Waals surface area contributed by atoms with Crippen molar-refractivity contribution in [1.82, 2.24) is 4.98 Å². The Morgan fingerprint density at radius 3 is 2.86 bits per heavy atom. The molecule has 0 unspecified atom stereocenters. The first-order valence-electron chi connectivity index (χ1n) is 4.83. The number of nitrogens with zero attached hydrogens (tertiary/aromatic N) is 1. The van der Waals surface area contributed by atoms with Crippen molar-refractivity contribution in [1.29, 1.82) is 0 Å². The highest BCUT2D eigenvalue weighted by Crippen LogP contribution is 2.31. The Bertz CT molecular complexity index is 391. The zero-order chi connectivity index (χ0) is 9.97. The van der Waals surface area contributed by atoms with Crippen molar-refractivity contribution >= 4 is 11.3 Å². The Balaban J connectivity index is 2.32. The van der Waals surface area contributed by atoms with Crippen molar-refractivity contribution in [2.24, 2.45) is 0 Å². The molecular formula is C12H14N2. The highest BCUT2D eigenvalue weighted by Gasteiger charge is 2.10. The molecule has 0 fully saturated rings. The maximum atomic E-state index is 5.86. The largest absolute Gasteiger partial charge is 0.397 e. The van der Waals surface area contributed by atoms with Crippen molar-refractivity contribution < 1.29 is 0 Å². The van der Waals surface area contributed by atoms with Crippen LogP contribution in [0, 0.1) is 0 Å². The van der Waals surface area contributed by atoms with Gasteiger partial charge in [-0.15, -0.1) is 0 Å². The van der Waals surface area contributed by atoms with E-state index in [9.17, 15) is 0 Å². The minimum absolute atomic E-state index is 0.770. The third kappa shape index (κ3) is 1.69. The monoisotopic (exact) mass is 186 g/mol. The molecule has 2 N–H and O–H groups in total. The molecule has 2 rings (SSSR count). The summed E-state index contributed by atoms with van der Waals surface area (Å²) in [6.45, 7) is 3.98. The summed E-state index contributed by atoms with van der Waals surface area (Å²) < 4.78 is 0. The first-order valence-corrected chi connectivity index (χ1v) is 4.83. The molecule has 14 heavy (non-hydrogen) atoms. The molecule has 1 aromatic heterocycles. The molecule has 1 aliphatic rings. The van der Waals surface area contributed by atoms with Gasteiger partial charge < -0.3 is 5.73 Å². The summed E-state index contributed by atoms with van der Waals surface area (Å²) >= 11 is 0. The Morgan fingerprint density at radius 2 is 2.21 bits per heavy atom. The van der Waals surface area contributed by atoms with E-state index in [2.05, 4.69) is 17.6 Å². The molecule has 0 aromatic carbocycles. The van der Waals surface area contributed by atoms with Crippen LogP contribution in [0.5, 0.6) is 0 Å². The van der Waals surface area contributed by atoms with E-state index in [1.165, 1.54) is 11.1 Å². The molecule has 0 atom stereocenters. The molecule has 0 saturated heterocycles. The quantitative estimate of drug-likeness (QED) is 0.685. The van der Waals surface area contributed by atoms with Gasteiger partial charge in [0.25, 0.3) is 0 Å². The summed E-state index contributed by atoms with van der Waals surface area (Å²) in [7, 11) is 0. The Hall–Kier alpha value is -1.57. The average Bonchev–Trinajstić information content (AvgIpc) is 2.20. The number of nitrogen functional groups attached to an aromatic ring is 1. The molecule has 0 spiro atoms. The molecule has 1 aromatic rings. The van der Waals surface area contributed by atoms with Crippen molar-refractivity contribution in [2.45, 2.75) is 19.3 Å². The van der Waals surface area contributed by atoms with Crippen LogP contribution in [0.2, 0.25) is 0 Å². The van der Waals surface area contributed by atoms with Gasteiger partial charge >= 0.3 is 0 Å². The fourth-order valence-corrected chi connectivity index (χ4v) is 1.73. The molecule has 72 valence electrons. The second-order valence-corrected chi connectivity index (χ2v) is 3.65. The lowest BCUT2D eigenvalue weighted by Gasteiger charge is -2.15. The van der Waals surface area contributed by atoms with Crippen molar-refractivity contribution in [3.8, 4) is 0 Å². The maximum Gasteiger partial charge on any atom is 0.0576 e. The van der Waals surface area contributed by atoms with Crippen molar-refractivity contribution in [3.63, 3.8) is 0 Å². The van der Waals surface area contributed by atoms with E-state index in [0.717, 1.165) is 30.5 Å². The summed E-state index contributed by atoms with van der Waals surface area (Å²) in [5.41, 5.74) is 10.4. The van der Waals surface area contributed by atoms with Gasteiger partial charge in [0.1, 0.15) is 0 Å². The zero-order valence-electron chi connectivity index (χ0n) is 8.16. The standard InChI is InChI=1S/C12H14N2/c1-9-2-4-10(5-3-9)11-6-7-14-8-12(11)13/h4,6-8H,1-3,5,13H2. The molecule has 1 aliphatic carbocycles. The number of hydrogen-bond donors (Lipinski definition) is 1.